The summed E-state index contributed by atoms with van der Waals surface area (Å²) in [6.07, 6.45) is 10.2. The molecule has 2 aliphatic carbocycles. The van der Waals surface area contributed by atoms with Crippen LogP contribution in [0.2, 0.25) is 5.02 Å². The van der Waals surface area contributed by atoms with Gasteiger partial charge in [0.2, 0.25) is 10.0 Å². The van der Waals surface area contributed by atoms with E-state index < -0.39 is 26.9 Å². The molecule has 6 atom stereocenters. The molecule has 2 fully saturated rings. The van der Waals surface area contributed by atoms with Gasteiger partial charge in [-0.15, -0.1) is 0 Å². The summed E-state index contributed by atoms with van der Waals surface area (Å²) in [6.45, 7) is 12.4. The number of hydrogen-bond donors (Lipinski definition) is 1. The number of hydrogen-bond acceptors (Lipinski definition) is 9. The molecule has 12 heteroatoms. The van der Waals surface area contributed by atoms with E-state index in [1.165, 1.54) is 11.1 Å². The predicted molar refractivity (Wildman–Crippen MR) is 214 cm³/mol. The Morgan fingerprint density at radius 2 is 1.87 bits per heavy atom. The number of nitrogens with zero attached hydrogens (tertiary/aromatic N) is 3. The zero-order chi connectivity index (χ0) is 38.3. The fourth-order valence-electron chi connectivity index (χ4n) is 10.1. The molecule has 2 bridgehead atoms. The van der Waals surface area contributed by atoms with Gasteiger partial charge in [-0.3, -0.25) is 14.6 Å². The van der Waals surface area contributed by atoms with Crippen molar-refractivity contribution in [2.24, 2.45) is 17.8 Å². The molecule has 10 nitrogen and oxygen atoms in total. The van der Waals surface area contributed by atoms with Gasteiger partial charge in [-0.05, 0) is 118 Å². The number of nitrogens with one attached hydrogen (secondary N) is 1. The van der Waals surface area contributed by atoms with Gasteiger partial charge in [0.15, 0.2) is 0 Å². The number of aryl methyl sites for hydroxylation is 1. The van der Waals surface area contributed by atoms with Crippen LogP contribution in [0.5, 0.6) is 5.75 Å². The van der Waals surface area contributed by atoms with Crippen LogP contribution in [0.15, 0.2) is 48.6 Å². The summed E-state index contributed by atoms with van der Waals surface area (Å²) in [5.74, 6) is 0.324. The van der Waals surface area contributed by atoms with Gasteiger partial charge < -0.3 is 19.1 Å². The average Bonchev–Trinajstić information content (AvgIpc) is 3.29. The average molecular weight is 783 g/mol. The van der Waals surface area contributed by atoms with Crippen LogP contribution in [0.4, 0.5) is 5.69 Å². The van der Waals surface area contributed by atoms with Crippen molar-refractivity contribution < 1.29 is 27.4 Å². The first-order valence-electron chi connectivity index (χ1n) is 20.0. The van der Waals surface area contributed by atoms with Crippen LogP contribution in [-0.2, 0) is 31.3 Å². The molecule has 0 radical (unpaired) electrons. The Labute approximate surface area is 327 Å². The summed E-state index contributed by atoms with van der Waals surface area (Å²) < 4.78 is 49.4. The van der Waals surface area contributed by atoms with Gasteiger partial charge in [0, 0.05) is 88.1 Å². The molecule has 7 rings (SSSR count). The van der Waals surface area contributed by atoms with Gasteiger partial charge in [0.25, 0.3) is 5.91 Å². The first kappa shape index (κ1) is 39.6. The number of ether oxygens (including phenoxy) is 3. The van der Waals surface area contributed by atoms with E-state index in [9.17, 15) is 13.2 Å². The Morgan fingerprint density at radius 3 is 2.57 bits per heavy atom. The molecule has 1 saturated heterocycles. The normalized spacial score (nSPS) is 32.5. The Bertz CT molecular complexity index is 1820. The second-order valence-corrected chi connectivity index (χ2v) is 19.1. The van der Waals surface area contributed by atoms with Crippen molar-refractivity contribution in [2.45, 2.75) is 88.1 Å². The standard InChI is InChI=1S/C42H59ClN4O6S/c1-29(2)45-19-21-47(22-20-45)42(52-5)18-6-8-30(3)39(16-23-51-4)54(49,50)44-40(48)32-11-15-38-37(25-32)46(26-33-10-13-36(33)42)27-41(28-53-38)17-7-9-31-24-34(43)12-14-35(31)41/h6,11-12,14-15,18,24-25,29-30,33,36,39H,7-10,13,16-17,19-23,26-28H2,1-5H3,(H,44,48)/b18-6+/t30-,33-,36+,39+,41-,42+/m0/s1. The maximum Gasteiger partial charge on any atom is 0.264 e. The second kappa shape index (κ2) is 16.1. The Hall–Kier alpha value is -2.67. The number of sulfonamides is 1. The van der Waals surface area contributed by atoms with Gasteiger partial charge in [0.05, 0.1) is 17.5 Å². The second-order valence-electron chi connectivity index (χ2n) is 16.7. The molecule has 0 aromatic heterocycles. The van der Waals surface area contributed by atoms with E-state index in [2.05, 4.69) is 57.6 Å². The SMILES string of the molecule is COCC[C@@H]1[C@@H](C)C/C=C/[C@](OC)(N2CCN(C(C)C)CC2)[C@@H]2CC[C@H]2CN2C[C@@]3(CCCc4cc(Cl)ccc43)COc3ccc(cc32)C(=O)NS1(=O)=O. The van der Waals surface area contributed by atoms with Crippen molar-refractivity contribution in [1.29, 1.82) is 0 Å². The fourth-order valence-corrected chi connectivity index (χ4v) is 12.0. The van der Waals surface area contributed by atoms with Crippen molar-refractivity contribution in [3.05, 3.63) is 70.3 Å². The Morgan fingerprint density at radius 1 is 1.07 bits per heavy atom. The zero-order valence-electron chi connectivity index (χ0n) is 32.7. The van der Waals surface area contributed by atoms with E-state index in [0.29, 0.717) is 42.8 Å². The first-order chi connectivity index (χ1) is 25.9. The van der Waals surface area contributed by atoms with E-state index in [1.807, 2.05) is 32.2 Å². The van der Waals surface area contributed by atoms with Crippen LogP contribution in [-0.4, -0.2) is 108 Å². The summed E-state index contributed by atoms with van der Waals surface area (Å²) in [5, 5.41) is -0.0871. The number of anilines is 1. The summed E-state index contributed by atoms with van der Waals surface area (Å²) in [6, 6.07) is 12.1. The number of benzene rings is 2. The number of piperazine rings is 1. The van der Waals surface area contributed by atoms with Crippen molar-refractivity contribution in [2.75, 3.05) is 71.6 Å². The molecule has 2 aromatic rings. The zero-order valence-corrected chi connectivity index (χ0v) is 34.3. The number of rotatable bonds is 6. The molecule has 54 heavy (non-hydrogen) atoms. The third-order valence-electron chi connectivity index (χ3n) is 13.3. The van der Waals surface area contributed by atoms with Gasteiger partial charge >= 0.3 is 0 Å². The number of halogens is 1. The number of carbonyl (C=O) groups is 1. The Kier molecular flexibility index (Phi) is 11.8. The van der Waals surface area contributed by atoms with Crippen LogP contribution in [0.1, 0.15) is 80.8 Å². The molecule has 0 unspecified atom stereocenters. The van der Waals surface area contributed by atoms with Crippen LogP contribution >= 0.6 is 11.6 Å². The predicted octanol–water partition coefficient (Wildman–Crippen LogP) is 6.27. The number of allylic oxidation sites excluding steroid dienone is 1. The highest BCUT2D eigenvalue weighted by molar-refractivity contribution is 7.90. The molecule has 296 valence electrons. The van der Waals surface area contributed by atoms with E-state index >= 15 is 0 Å². The lowest BCUT2D eigenvalue weighted by atomic mass is 9.66. The van der Waals surface area contributed by atoms with E-state index in [0.717, 1.165) is 75.5 Å². The molecule has 1 N–H and O–H groups in total. The fraction of sp³-hybridized carbons (Fsp3) is 0.643. The molecule has 1 amide bonds. The van der Waals surface area contributed by atoms with Crippen LogP contribution in [0.25, 0.3) is 0 Å². The molecule has 1 saturated carbocycles. The molecule has 3 heterocycles. The number of methoxy groups -OCH3 is 2. The van der Waals surface area contributed by atoms with Crippen LogP contribution in [0, 0.1) is 17.8 Å². The van der Waals surface area contributed by atoms with Crippen molar-refractivity contribution in [3.63, 3.8) is 0 Å². The number of fused-ring (bicyclic) bond motifs is 4. The van der Waals surface area contributed by atoms with Crippen LogP contribution < -0.4 is 14.4 Å². The maximum absolute atomic E-state index is 14.0. The summed E-state index contributed by atoms with van der Waals surface area (Å²) in [5.41, 5.74) is 2.74. The molecule has 3 aliphatic heterocycles. The topological polar surface area (TPSA) is 101 Å². The summed E-state index contributed by atoms with van der Waals surface area (Å²) in [4.78, 5) is 21.4. The lowest BCUT2D eigenvalue weighted by Gasteiger charge is -2.56. The Balaban J connectivity index is 1.33. The van der Waals surface area contributed by atoms with Gasteiger partial charge in [-0.2, -0.15) is 0 Å². The van der Waals surface area contributed by atoms with Crippen molar-refractivity contribution >= 4 is 33.2 Å². The lowest BCUT2D eigenvalue weighted by Crippen LogP contribution is -2.64. The van der Waals surface area contributed by atoms with Crippen LogP contribution in [0.3, 0.4) is 0 Å². The third-order valence-corrected chi connectivity index (χ3v) is 15.5. The quantitative estimate of drug-likeness (QED) is 0.340. The maximum atomic E-state index is 14.0. The lowest BCUT2D eigenvalue weighted by molar-refractivity contribution is -0.183. The van der Waals surface area contributed by atoms with Gasteiger partial charge in [-0.1, -0.05) is 30.7 Å². The summed E-state index contributed by atoms with van der Waals surface area (Å²) >= 11 is 6.52. The van der Waals surface area contributed by atoms with Gasteiger partial charge in [0.1, 0.15) is 11.5 Å². The largest absolute Gasteiger partial charge is 0.490 e. The molecular formula is C42H59ClN4O6S. The molecule has 2 aromatic carbocycles. The smallest absolute Gasteiger partial charge is 0.264 e. The monoisotopic (exact) mass is 782 g/mol. The van der Waals surface area contributed by atoms with E-state index in [-0.39, 0.29) is 30.3 Å². The highest BCUT2D eigenvalue weighted by atomic mass is 35.5. The minimum Gasteiger partial charge on any atom is -0.490 e. The minimum atomic E-state index is -4.06. The van der Waals surface area contributed by atoms with Crippen molar-refractivity contribution in [3.8, 4) is 5.75 Å². The minimum absolute atomic E-state index is 0.216. The molecule has 1 spiro atoms. The number of carbonyl (C=O) groups excluding carboxylic acids is 1. The highest BCUT2D eigenvalue weighted by Gasteiger charge is 2.52. The van der Waals surface area contributed by atoms with Crippen molar-refractivity contribution in [1.82, 2.24) is 14.5 Å². The van der Waals surface area contributed by atoms with Gasteiger partial charge in [-0.25, -0.2) is 13.1 Å². The first-order valence-corrected chi connectivity index (χ1v) is 21.9. The molecular weight excluding hydrogens is 724 g/mol. The molecule has 5 aliphatic rings. The highest BCUT2D eigenvalue weighted by Crippen LogP contribution is 2.50. The van der Waals surface area contributed by atoms with E-state index in [1.54, 1.807) is 13.2 Å². The van der Waals surface area contributed by atoms with E-state index in [4.69, 9.17) is 25.8 Å². The third kappa shape index (κ3) is 7.58. The summed E-state index contributed by atoms with van der Waals surface area (Å²) in [7, 11) is -0.649. The number of amides is 1.